The van der Waals surface area contributed by atoms with Crippen LogP contribution in [0, 0.1) is 18.3 Å². The molecule has 0 saturated heterocycles. The van der Waals surface area contributed by atoms with Crippen molar-refractivity contribution in [2.45, 2.75) is 54.8 Å². The summed E-state index contributed by atoms with van der Waals surface area (Å²) in [5, 5.41) is 2.51. The fourth-order valence-electron chi connectivity index (χ4n) is 3.31. The second-order valence-corrected chi connectivity index (χ2v) is 8.31. The van der Waals surface area contributed by atoms with Gasteiger partial charge in [0.15, 0.2) is 0 Å². The van der Waals surface area contributed by atoms with Crippen molar-refractivity contribution < 1.29 is 71.0 Å². The molecule has 0 aliphatic rings. The highest BCUT2D eigenvalue weighted by Gasteiger charge is 2.93. The summed E-state index contributed by atoms with van der Waals surface area (Å²) in [4.78, 5) is 12.4. The van der Waals surface area contributed by atoms with E-state index in [9.17, 15) is 62.7 Å². The van der Waals surface area contributed by atoms with Gasteiger partial charge in [0, 0.05) is 6.20 Å². The fourth-order valence-corrected chi connectivity index (χ4v) is 3.43. The maximum atomic E-state index is 15.2. The molecular weight excluding hydrogens is 602 g/mol. The number of pyridine rings is 1. The molecule has 218 valence electrons. The molecule has 0 fully saturated rings. The summed E-state index contributed by atoms with van der Waals surface area (Å²) >= 11 is 3.58. The van der Waals surface area contributed by atoms with Crippen LogP contribution in [0.3, 0.4) is 0 Å². The number of nitrogens with zero attached hydrogens (tertiary/aromatic N) is 2. The number of aromatic nitrogens is 1. The zero-order valence-corrected chi connectivity index (χ0v) is 19.6. The van der Waals surface area contributed by atoms with Crippen molar-refractivity contribution in [3.05, 3.63) is 40.7 Å². The third-order valence-corrected chi connectivity index (χ3v) is 5.56. The van der Waals surface area contributed by atoms with Crippen LogP contribution in [0.2, 0.25) is 0 Å². The first-order chi connectivity index (χ1) is 17.3. The van der Waals surface area contributed by atoms with Crippen LogP contribution in [0.25, 0.3) is 5.52 Å². The van der Waals surface area contributed by atoms with Crippen molar-refractivity contribution in [1.29, 1.82) is 5.26 Å². The predicted molar refractivity (Wildman–Crippen MR) is 102 cm³/mol. The summed E-state index contributed by atoms with van der Waals surface area (Å²) in [6.07, 6.45) is 0.674. The smallest absolute Gasteiger partial charge is 0.393 e. The van der Waals surface area contributed by atoms with E-state index in [0.717, 1.165) is 25.1 Å². The number of ether oxygens (including phenoxy) is 1. The molecule has 0 aliphatic carbocycles. The fraction of sp³-hybridized carbons (Fsp3) is 0.500. The lowest BCUT2D eigenvalue weighted by Crippen LogP contribution is -2.72. The highest BCUT2D eigenvalue weighted by Crippen LogP contribution is 2.64. The van der Waals surface area contributed by atoms with Crippen molar-refractivity contribution >= 4 is 23.1 Å². The Bertz CT molecular complexity index is 1320. The van der Waals surface area contributed by atoms with E-state index in [1.807, 2.05) is 0 Å². The van der Waals surface area contributed by atoms with Crippen LogP contribution >= 0.6 is 11.6 Å². The third-order valence-electron chi connectivity index (χ3n) is 5.32. The number of esters is 1. The molecule has 39 heavy (non-hydrogen) atoms. The maximum Gasteiger partial charge on any atom is 0.393 e. The number of alkyl halides is 15. The van der Waals surface area contributed by atoms with Gasteiger partial charge in [0.1, 0.15) is 11.8 Å². The number of rotatable bonds is 9. The Balaban J connectivity index is 2.97. The van der Waals surface area contributed by atoms with Gasteiger partial charge in [-0.3, -0.25) is 0 Å². The second kappa shape index (κ2) is 9.30. The number of nitriles is 1. The van der Waals surface area contributed by atoms with Crippen molar-refractivity contribution in [1.82, 2.24) is 4.40 Å². The van der Waals surface area contributed by atoms with Gasteiger partial charge in [-0.25, -0.2) is 4.79 Å². The van der Waals surface area contributed by atoms with Crippen LogP contribution in [0.15, 0.2) is 18.3 Å². The molecule has 0 saturated carbocycles. The van der Waals surface area contributed by atoms with E-state index in [4.69, 9.17) is 0 Å². The SMILES string of the molecule is CCOC(=O)c1c(C(F)(F)C(F)(F)C(F)(F)C(F)(F)C(F)(F)C(F)(F)C(F)(F)Cl)c(C#N)n2ccc(C)cc12. The summed E-state index contributed by atoms with van der Waals surface area (Å²) in [5.41, 5.74) is -7.11. The number of carbonyl (C=O) groups is 1. The van der Waals surface area contributed by atoms with Gasteiger partial charge < -0.3 is 9.14 Å². The van der Waals surface area contributed by atoms with Crippen LogP contribution < -0.4 is 0 Å². The summed E-state index contributed by atoms with van der Waals surface area (Å²) < 4.78 is 200. The van der Waals surface area contributed by atoms with E-state index < -0.39 is 75.8 Å². The Morgan fingerprint density at radius 2 is 1.36 bits per heavy atom. The molecule has 0 aromatic carbocycles. The molecule has 0 unspecified atom stereocenters. The maximum absolute atomic E-state index is 15.2. The van der Waals surface area contributed by atoms with Gasteiger partial charge in [-0.1, -0.05) is 0 Å². The molecule has 2 aromatic heterocycles. The van der Waals surface area contributed by atoms with E-state index in [1.165, 1.54) is 6.92 Å². The minimum Gasteiger partial charge on any atom is -0.462 e. The Morgan fingerprint density at radius 3 is 1.79 bits per heavy atom. The Morgan fingerprint density at radius 1 is 0.897 bits per heavy atom. The number of aryl methyl sites for hydroxylation is 1. The number of fused-ring (bicyclic) bond motifs is 1. The summed E-state index contributed by atoms with van der Waals surface area (Å²) in [7, 11) is 0. The molecule has 2 aromatic rings. The lowest BCUT2D eigenvalue weighted by atomic mass is 9.87. The number of hydrogen-bond acceptors (Lipinski definition) is 3. The van der Waals surface area contributed by atoms with Crippen LogP contribution in [-0.2, 0) is 10.7 Å². The van der Waals surface area contributed by atoms with Gasteiger partial charge >= 0.3 is 46.9 Å². The van der Waals surface area contributed by atoms with Gasteiger partial charge in [-0.15, -0.1) is 0 Å². The van der Waals surface area contributed by atoms with Gasteiger partial charge in [0.25, 0.3) is 0 Å². The van der Waals surface area contributed by atoms with Gasteiger partial charge in [0.2, 0.25) is 0 Å². The molecule has 4 nitrogen and oxygen atoms in total. The average Bonchev–Trinajstić information content (AvgIpc) is 3.11. The quantitative estimate of drug-likeness (QED) is 0.169. The Labute approximate surface area is 212 Å². The summed E-state index contributed by atoms with van der Waals surface area (Å²) in [6.45, 7) is 1.58. The largest absolute Gasteiger partial charge is 0.462 e. The van der Waals surface area contributed by atoms with Crippen molar-refractivity contribution in [3.63, 3.8) is 0 Å². The second-order valence-electron chi connectivity index (χ2n) is 7.83. The standard InChI is InChI=1S/C20H11ClF14N2O2/c1-3-39-13(38)11-9-6-8(2)4-5-37(9)10(7-36)12(11)14(22,23)15(24,25)16(26,27)17(28,29)18(30,31)19(32,33)20(21,34)35/h4-6H,3H2,1-2H3. The first-order valence-corrected chi connectivity index (χ1v) is 10.2. The summed E-state index contributed by atoms with van der Waals surface area (Å²) in [5.74, 6) is -49.3. The topological polar surface area (TPSA) is 54.5 Å². The molecule has 2 heterocycles. The number of halogens is 15. The van der Waals surface area contributed by atoms with Crippen LogP contribution in [0.5, 0.6) is 0 Å². The van der Waals surface area contributed by atoms with E-state index in [-0.39, 0.29) is 9.96 Å². The Hall–Kier alpha value is -2.97. The van der Waals surface area contributed by atoms with Crippen LogP contribution in [0.4, 0.5) is 61.5 Å². The van der Waals surface area contributed by atoms with Crippen LogP contribution in [-0.4, -0.2) is 52.0 Å². The average molecular weight is 613 g/mol. The van der Waals surface area contributed by atoms with Crippen molar-refractivity contribution in [2.75, 3.05) is 6.61 Å². The molecular formula is C20H11ClF14N2O2. The number of carbonyl (C=O) groups excluding carboxylic acids is 1. The molecule has 0 N–H and O–H groups in total. The molecule has 0 aliphatic heterocycles. The van der Waals surface area contributed by atoms with Crippen LogP contribution in [0.1, 0.15) is 34.1 Å². The minimum atomic E-state index is -8.36. The summed E-state index contributed by atoms with van der Waals surface area (Å²) in [6, 6.07) is 2.62. The first-order valence-electron chi connectivity index (χ1n) is 9.87. The van der Waals surface area contributed by atoms with Crippen molar-refractivity contribution in [3.8, 4) is 6.07 Å². The van der Waals surface area contributed by atoms with Crippen molar-refractivity contribution in [2.24, 2.45) is 0 Å². The highest BCUT2D eigenvalue weighted by atomic mass is 35.5. The van der Waals surface area contributed by atoms with Gasteiger partial charge in [0.05, 0.1) is 23.3 Å². The zero-order valence-electron chi connectivity index (χ0n) is 18.8. The molecule has 0 spiro atoms. The Kier molecular flexibility index (Phi) is 7.69. The van der Waals surface area contributed by atoms with E-state index in [1.54, 1.807) is 0 Å². The highest BCUT2D eigenvalue weighted by molar-refractivity contribution is 6.22. The normalized spacial score (nSPS) is 14.5. The molecule has 2 rings (SSSR count). The van der Waals surface area contributed by atoms with E-state index >= 15 is 8.78 Å². The van der Waals surface area contributed by atoms with Gasteiger partial charge in [-0.05, 0) is 43.1 Å². The minimum absolute atomic E-state index is 0.0670. The zero-order chi connectivity index (χ0) is 30.8. The molecule has 0 bridgehead atoms. The van der Waals surface area contributed by atoms with Gasteiger partial charge in [-0.2, -0.15) is 66.7 Å². The monoisotopic (exact) mass is 612 g/mol. The molecule has 19 heteroatoms. The van der Waals surface area contributed by atoms with E-state index in [2.05, 4.69) is 16.3 Å². The first kappa shape index (κ1) is 32.2. The predicted octanol–water partition coefficient (Wildman–Crippen LogP) is 7.40. The lowest BCUT2D eigenvalue weighted by molar-refractivity contribution is -0.437. The lowest BCUT2D eigenvalue weighted by Gasteiger charge is -2.41. The molecule has 0 amide bonds. The number of hydrogen-bond donors (Lipinski definition) is 0. The molecule has 0 atom stereocenters. The molecule has 0 radical (unpaired) electrons. The third kappa shape index (κ3) is 4.23. The van der Waals surface area contributed by atoms with E-state index in [0.29, 0.717) is 6.20 Å².